The Kier molecular flexibility index (Phi) is 4.90. The molecule has 0 fully saturated rings. The van der Waals surface area contributed by atoms with Crippen molar-refractivity contribution in [1.29, 1.82) is 0 Å². The first kappa shape index (κ1) is 17.7. The summed E-state index contributed by atoms with van der Waals surface area (Å²) in [5, 5.41) is 6.12. The number of aryl methyl sites for hydroxylation is 1. The second-order valence-electron chi connectivity index (χ2n) is 6.58. The number of amides is 1. The van der Waals surface area contributed by atoms with Gasteiger partial charge < -0.3 is 15.0 Å². The summed E-state index contributed by atoms with van der Waals surface area (Å²) in [5.74, 6) is 0.524. The molecule has 1 atom stereocenters. The lowest BCUT2D eigenvalue weighted by molar-refractivity contribution is -0.122. The summed E-state index contributed by atoms with van der Waals surface area (Å²) in [7, 11) is 0. The summed E-state index contributed by atoms with van der Waals surface area (Å²) in [6, 6.07) is 15.6. The Labute approximate surface area is 163 Å². The van der Waals surface area contributed by atoms with Crippen LogP contribution in [0.4, 0.5) is 5.69 Å². The molecule has 0 saturated carbocycles. The molecule has 2 heterocycles. The zero-order chi connectivity index (χ0) is 18.8. The van der Waals surface area contributed by atoms with Gasteiger partial charge in [-0.15, -0.1) is 0 Å². The molecule has 6 heteroatoms. The van der Waals surface area contributed by atoms with Gasteiger partial charge in [0.15, 0.2) is 11.3 Å². The Morgan fingerprint density at radius 3 is 2.85 bits per heavy atom. The zero-order valence-electron chi connectivity index (χ0n) is 15.3. The Morgan fingerprint density at radius 1 is 1.26 bits per heavy atom. The molecule has 1 unspecified atom stereocenters. The van der Waals surface area contributed by atoms with E-state index in [0.717, 1.165) is 35.1 Å². The Morgan fingerprint density at radius 2 is 2.07 bits per heavy atom. The largest absolute Gasteiger partial charge is 0.481 e. The van der Waals surface area contributed by atoms with Crippen molar-refractivity contribution in [2.24, 2.45) is 4.99 Å². The molecule has 0 spiro atoms. The maximum atomic E-state index is 12.4. The van der Waals surface area contributed by atoms with Crippen molar-refractivity contribution in [1.82, 2.24) is 4.90 Å². The number of amidine groups is 1. The Bertz CT molecular complexity index is 921. The molecule has 5 nitrogen and oxygen atoms in total. The highest BCUT2D eigenvalue weighted by atomic mass is 32.2. The first-order chi connectivity index (χ1) is 13.1. The molecule has 2 aliphatic rings. The predicted octanol–water partition coefficient (Wildman–Crippen LogP) is 4.12. The van der Waals surface area contributed by atoms with Crippen LogP contribution in [0.15, 0.2) is 58.9 Å². The first-order valence-electron chi connectivity index (χ1n) is 8.93. The van der Waals surface area contributed by atoms with Crippen molar-refractivity contribution in [3.05, 3.63) is 65.1 Å². The monoisotopic (exact) mass is 379 g/mol. The third kappa shape index (κ3) is 3.85. The normalized spacial score (nSPS) is 16.4. The number of hydrogen-bond acceptors (Lipinski definition) is 5. The predicted molar refractivity (Wildman–Crippen MR) is 111 cm³/mol. The zero-order valence-corrected chi connectivity index (χ0v) is 16.1. The van der Waals surface area contributed by atoms with Gasteiger partial charge in [0.2, 0.25) is 0 Å². The van der Waals surface area contributed by atoms with Crippen molar-refractivity contribution in [3.8, 4) is 5.75 Å². The van der Waals surface area contributed by atoms with Crippen molar-refractivity contribution < 1.29 is 9.53 Å². The fourth-order valence-electron chi connectivity index (χ4n) is 3.06. The molecule has 27 heavy (non-hydrogen) atoms. The van der Waals surface area contributed by atoms with Gasteiger partial charge in [0.05, 0.1) is 12.2 Å². The van der Waals surface area contributed by atoms with Crippen LogP contribution in [0, 0.1) is 6.92 Å². The number of ether oxygens (including phenoxy) is 1. The fourth-order valence-corrected chi connectivity index (χ4v) is 4.02. The second-order valence-corrected chi connectivity index (χ2v) is 7.42. The van der Waals surface area contributed by atoms with Crippen molar-refractivity contribution in [2.75, 3.05) is 18.4 Å². The highest BCUT2D eigenvalue weighted by Gasteiger charge is 2.27. The number of anilines is 1. The van der Waals surface area contributed by atoms with E-state index in [1.54, 1.807) is 18.7 Å². The Balaban J connectivity index is 1.38. The number of benzene rings is 2. The molecule has 1 amide bonds. The molecule has 138 valence electrons. The van der Waals surface area contributed by atoms with E-state index in [9.17, 15) is 4.79 Å². The number of nitrogens with zero attached hydrogens (tertiary/aromatic N) is 2. The molecule has 4 rings (SSSR count). The lowest BCUT2D eigenvalue weighted by Gasteiger charge is -2.17. The van der Waals surface area contributed by atoms with Crippen molar-refractivity contribution in [2.45, 2.75) is 20.0 Å². The summed E-state index contributed by atoms with van der Waals surface area (Å²) in [6.45, 7) is 5.53. The van der Waals surface area contributed by atoms with Gasteiger partial charge in [0.1, 0.15) is 5.75 Å². The van der Waals surface area contributed by atoms with Gasteiger partial charge in [-0.25, -0.2) is 0 Å². The van der Waals surface area contributed by atoms with Crippen LogP contribution >= 0.6 is 11.8 Å². The summed E-state index contributed by atoms with van der Waals surface area (Å²) in [5.41, 5.74) is 4.15. The average molecular weight is 379 g/mol. The van der Waals surface area contributed by atoms with Gasteiger partial charge >= 0.3 is 0 Å². The number of aliphatic imine (C=N–C) groups is 1. The summed E-state index contributed by atoms with van der Waals surface area (Å²) in [6.07, 6.45) is -0.580. The van der Waals surface area contributed by atoms with E-state index >= 15 is 0 Å². The van der Waals surface area contributed by atoms with Crippen LogP contribution in [0.2, 0.25) is 0 Å². The summed E-state index contributed by atoms with van der Waals surface area (Å²) >= 11 is 1.66. The third-order valence-electron chi connectivity index (χ3n) is 4.49. The van der Waals surface area contributed by atoms with Crippen LogP contribution in [0.3, 0.4) is 0 Å². The molecule has 0 aliphatic carbocycles. The molecule has 2 aliphatic heterocycles. The van der Waals surface area contributed by atoms with E-state index in [1.165, 1.54) is 5.70 Å². The highest BCUT2D eigenvalue weighted by Crippen LogP contribution is 2.35. The number of thioether (sulfide) groups is 1. The number of carbonyl (C=O) groups excluding carboxylic acids is 1. The molecule has 0 radical (unpaired) electrons. The molecular formula is C21H21N3O2S. The van der Waals surface area contributed by atoms with Crippen LogP contribution in [0.5, 0.6) is 5.75 Å². The van der Waals surface area contributed by atoms with Gasteiger partial charge in [-0.3, -0.25) is 9.79 Å². The molecule has 1 N–H and O–H groups in total. The minimum absolute atomic E-state index is 0.172. The average Bonchev–Trinajstić information content (AvgIpc) is 3.26. The van der Waals surface area contributed by atoms with Gasteiger partial charge in [0, 0.05) is 17.6 Å². The topological polar surface area (TPSA) is 53.9 Å². The number of rotatable bonds is 5. The Hall–Kier alpha value is -2.73. The standard InChI is InChI=1S/C21H21N3O2S/c1-14-4-3-5-18(12-14)26-15(2)20(25)23-17-8-6-16(7-9-17)19-13-27-21-22-10-11-24(19)21/h3-9,12-13,15H,10-11H2,1-2H3,(H,23,25). The lowest BCUT2D eigenvalue weighted by atomic mass is 10.1. The summed E-state index contributed by atoms with van der Waals surface area (Å²) < 4.78 is 5.74. The first-order valence-corrected chi connectivity index (χ1v) is 9.81. The maximum absolute atomic E-state index is 12.4. The minimum atomic E-state index is -0.580. The van der Waals surface area contributed by atoms with Crippen LogP contribution in [-0.4, -0.2) is 35.2 Å². The second kappa shape index (κ2) is 7.48. The van der Waals surface area contributed by atoms with E-state index in [0.29, 0.717) is 5.75 Å². The van der Waals surface area contributed by atoms with E-state index in [-0.39, 0.29) is 5.91 Å². The van der Waals surface area contributed by atoms with Gasteiger partial charge in [0.25, 0.3) is 5.91 Å². The van der Waals surface area contributed by atoms with Crippen LogP contribution in [-0.2, 0) is 4.79 Å². The molecule has 0 saturated heterocycles. The van der Waals surface area contributed by atoms with E-state index in [1.807, 2.05) is 55.5 Å². The molecule has 2 aromatic carbocycles. The molecular weight excluding hydrogens is 358 g/mol. The number of carbonyl (C=O) groups is 1. The quantitative estimate of drug-likeness (QED) is 0.849. The molecule has 0 aromatic heterocycles. The lowest BCUT2D eigenvalue weighted by Crippen LogP contribution is -2.30. The van der Waals surface area contributed by atoms with Gasteiger partial charge in [-0.1, -0.05) is 36.0 Å². The minimum Gasteiger partial charge on any atom is -0.481 e. The SMILES string of the molecule is Cc1cccc(OC(C)C(=O)Nc2ccc(C3=CSC4=NCCN34)cc2)c1. The molecule has 2 aromatic rings. The number of hydrogen-bond donors (Lipinski definition) is 1. The van der Waals surface area contributed by atoms with Crippen molar-refractivity contribution >= 4 is 34.2 Å². The van der Waals surface area contributed by atoms with Crippen LogP contribution in [0.25, 0.3) is 5.70 Å². The van der Waals surface area contributed by atoms with Gasteiger partial charge in [-0.05, 0) is 49.2 Å². The van der Waals surface area contributed by atoms with Gasteiger partial charge in [-0.2, -0.15) is 0 Å². The molecule has 0 bridgehead atoms. The summed E-state index contributed by atoms with van der Waals surface area (Å²) in [4.78, 5) is 19.1. The van der Waals surface area contributed by atoms with E-state index < -0.39 is 6.10 Å². The maximum Gasteiger partial charge on any atom is 0.265 e. The highest BCUT2D eigenvalue weighted by molar-refractivity contribution is 8.16. The number of nitrogens with one attached hydrogen (secondary N) is 1. The van der Waals surface area contributed by atoms with Crippen LogP contribution < -0.4 is 10.1 Å². The number of fused-ring (bicyclic) bond motifs is 1. The van der Waals surface area contributed by atoms with E-state index in [2.05, 4.69) is 20.6 Å². The van der Waals surface area contributed by atoms with E-state index in [4.69, 9.17) is 4.74 Å². The van der Waals surface area contributed by atoms with Crippen molar-refractivity contribution in [3.63, 3.8) is 0 Å². The third-order valence-corrected chi connectivity index (χ3v) is 5.39. The fraction of sp³-hybridized carbons (Fsp3) is 0.238. The smallest absolute Gasteiger partial charge is 0.265 e. The van der Waals surface area contributed by atoms with Crippen LogP contribution in [0.1, 0.15) is 18.1 Å².